The minimum atomic E-state index is -1.08. The number of nitrogens with one attached hydrogen (secondary N) is 2. The van der Waals surface area contributed by atoms with E-state index in [0.29, 0.717) is 12.3 Å². The number of carbonyl (C=O) groups excluding carboxylic acids is 1. The zero-order chi connectivity index (χ0) is 13.8. The van der Waals surface area contributed by atoms with Crippen LogP contribution in [0.5, 0.6) is 0 Å². The molecule has 0 aliphatic carbocycles. The molecule has 104 valence electrons. The number of imidazole rings is 1. The highest BCUT2D eigenvalue weighted by Gasteiger charge is 2.33. The van der Waals surface area contributed by atoms with Crippen LogP contribution in [0.1, 0.15) is 19.0 Å². The quantitative estimate of drug-likeness (QED) is 0.693. The number of aromatic amines is 1. The topological polar surface area (TPSA) is 104 Å². The molecule has 1 aromatic rings. The van der Waals surface area contributed by atoms with Crippen LogP contribution < -0.4 is 5.32 Å². The van der Waals surface area contributed by atoms with E-state index in [-0.39, 0.29) is 18.2 Å². The number of rotatable bonds is 5. The van der Waals surface area contributed by atoms with Crippen molar-refractivity contribution in [3.05, 3.63) is 18.2 Å². The van der Waals surface area contributed by atoms with E-state index in [2.05, 4.69) is 15.3 Å². The van der Waals surface area contributed by atoms with Crippen molar-refractivity contribution in [1.82, 2.24) is 15.3 Å². The fourth-order valence-corrected chi connectivity index (χ4v) is 2.10. The summed E-state index contributed by atoms with van der Waals surface area (Å²) >= 11 is 0. The third kappa shape index (κ3) is 3.31. The van der Waals surface area contributed by atoms with Crippen molar-refractivity contribution in [3.63, 3.8) is 0 Å². The first kappa shape index (κ1) is 13.5. The lowest BCUT2D eigenvalue weighted by atomic mass is 10.0. The van der Waals surface area contributed by atoms with Crippen molar-refractivity contribution in [3.8, 4) is 0 Å². The second-order valence-electron chi connectivity index (χ2n) is 4.74. The molecule has 1 aromatic heterocycles. The van der Waals surface area contributed by atoms with E-state index in [4.69, 9.17) is 9.84 Å². The molecular formula is C12H17N3O4. The number of H-pyrrole nitrogens is 1. The van der Waals surface area contributed by atoms with Gasteiger partial charge in [0.25, 0.3) is 0 Å². The van der Waals surface area contributed by atoms with Crippen LogP contribution in [-0.4, -0.2) is 45.7 Å². The van der Waals surface area contributed by atoms with Gasteiger partial charge in [0, 0.05) is 24.9 Å². The van der Waals surface area contributed by atoms with E-state index in [9.17, 15) is 9.59 Å². The normalized spacial score (nSPS) is 24.1. The smallest absolute Gasteiger partial charge is 0.326 e. The monoisotopic (exact) mass is 267 g/mol. The molecule has 3 atom stereocenters. The van der Waals surface area contributed by atoms with Crippen LogP contribution in [0.4, 0.5) is 0 Å². The lowest BCUT2D eigenvalue weighted by molar-refractivity contribution is -0.144. The molecule has 0 radical (unpaired) electrons. The number of carbonyl (C=O) groups is 2. The molecule has 19 heavy (non-hydrogen) atoms. The summed E-state index contributed by atoms with van der Waals surface area (Å²) in [7, 11) is 0. The number of carboxylic acids is 1. The Kier molecular flexibility index (Phi) is 4.16. The Bertz CT molecular complexity index is 446. The second kappa shape index (κ2) is 5.83. The van der Waals surface area contributed by atoms with Crippen LogP contribution in [0, 0.1) is 5.92 Å². The van der Waals surface area contributed by atoms with Crippen molar-refractivity contribution in [2.24, 2.45) is 5.92 Å². The van der Waals surface area contributed by atoms with Gasteiger partial charge in [0.15, 0.2) is 0 Å². The van der Waals surface area contributed by atoms with E-state index < -0.39 is 18.1 Å². The SMILES string of the molecule is CC1CCOC1C(=O)N[C@H](Cc1cnc[nH]1)C(=O)O. The number of carboxylic acid groups (broad SMARTS) is 1. The lowest BCUT2D eigenvalue weighted by Gasteiger charge is -2.18. The number of ether oxygens (including phenoxy) is 1. The van der Waals surface area contributed by atoms with E-state index in [1.165, 1.54) is 12.5 Å². The molecule has 0 saturated carbocycles. The van der Waals surface area contributed by atoms with Gasteiger partial charge in [-0.05, 0) is 12.3 Å². The van der Waals surface area contributed by atoms with Gasteiger partial charge in [-0.1, -0.05) is 6.92 Å². The number of hydrogen-bond acceptors (Lipinski definition) is 4. The fraction of sp³-hybridized carbons (Fsp3) is 0.583. The third-order valence-electron chi connectivity index (χ3n) is 3.24. The molecule has 0 bridgehead atoms. The molecule has 1 saturated heterocycles. The first-order valence-electron chi connectivity index (χ1n) is 6.20. The molecular weight excluding hydrogens is 250 g/mol. The van der Waals surface area contributed by atoms with Crippen LogP contribution in [0.2, 0.25) is 0 Å². The lowest BCUT2D eigenvalue weighted by Crippen LogP contribution is -2.47. The second-order valence-corrected chi connectivity index (χ2v) is 4.74. The highest BCUT2D eigenvalue weighted by atomic mass is 16.5. The van der Waals surface area contributed by atoms with Gasteiger partial charge in [0.05, 0.1) is 6.33 Å². The van der Waals surface area contributed by atoms with Gasteiger partial charge in [-0.2, -0.15) is 0 Å². The van der Waals surface area contributed by atoms with Gasteiger partial charge in [0.2, 0.25) is 5.91 Å². The molecule has 1 aliphatic heterocycles. The molecule has 2 rings (SSSR count). The van der Waals surface area contributed by atoms with Gasteiger partial charge < -0.3 is 20.1 Å². The summed E-state index contributed by atoms with van der Waals surface area (Å²) in [5.74, 6) is -1.33. The zero-order valence-electron chi connectivity index (χ0n) is 10.6. The Labute approximate surface area is 110 Å². The summed E-state index contributed by atoms with van der Waals surface area (Å²) < 4.78 is 5.32. The van der Waals surface area contributed by atoms with Crippen molar-refractivity contribution >= 4 is 11.9 Å². The molecule has 1 amide bonds. The number of hydrogen-bond donors (Lipinski definition) is 3. The van der Waals surface area contributed by atoms with Gasteiger partial charge in [0.1, 0.15) is 12.1 Å². The molecule has 3 N–H and O–H groups in total. The Morgan fingerprint density at radius 2 is 2.47 bits per heavy atom. The number of aliphatic carboxylic acids is 1. The minimum absolute atomic E-state index is 0.113. The van der Waals surface area contributed by atoms with Crippen LogP contribution in [-0.2, 0) is 20.7 Å². The average Bonchev–Trinajstić information content (AvgIpc) is 2.99. The predicted octanol–water partition coefficient (Wildman–Crippen LogP) is -0.0534. The van der Waals surface area contributed by atoms with Crippen molar-refractivity contribution in [2.45, 2.75) is 31.9 Å². The van der Waals surface area contributed by atoms with Crippen LogP contribution in [0.15, 0.2) is 12.5 Å². The van der Waals surface area contributed by atoms with E-state index >= 15 is 0 Å². The molecule has 0 aromatic carbocycles. The predicted molar refractivity (Wildman–Crippen MR) is 65.4 cm³/mol. The Morgan fingerprint density at radius 3 is 3.00 bits per heavy atom. The van der Waals surface area contributed by atoms with Gasteiger partial charge in [-0.15, -0.1) is 0 Å². The Morgan fingerprint density at radius 1 is 1.68 bits per heavy atom. The fourth-order valence-electron chi connectivity index (χ4n) is 2.10. The summed E-state index contributed by atoms with van der Waals surface area (Å²) in [5.41, 5.74) is 0.660. The minimum Gasteiger partial charge on any atom is -0.480 e. The Hall–Kier alpha value is -1.89. The van der Waals surface area contributed by atoms with E-state index in [1.54, 1.807) is 0 Å². The van der Waals surface area contributed by atoms with Gasteiger partial charge in [-0.25, -0.2) is 9.78 Å². The van der Waals surface area contributed by atoms with Crippen LogP contribution in [0.25, 0.3) is 0 Å². The zero-order valence-corrected chi connectivity index (χ0v) is 10.6. The first-order chi connectivity index (χ1) is 9.08. The standard InChI is InChI=1S/C12H17N3O4/c1-7-2-3-19-10(7)11(16)15-9(12(17)18)4-8-5-13-6-14-8/h5-7,9-10H,2-4H2,1H3,(H,13,14)(H,15,16)(H,17,18)/t7?,9-,10?/m1/s1. The molecule has 2 unspecified atom stereocenters. The molecule has 7 heteroatoms. The maximum atomic E-state index is 12.0. The Balaban J connectivity index is 1.96. The highest BCUT2D eigenvalue weighted by Crippen LogP contribution is 2.20. The largest absolute Gasteiger partial charge is 0.480 e. The first-order valence-corrected chi connectivity index (χ1v) is 6.20. The number of amides is 1. The third-order valence-corrected chi connectivity index (χ3v) is 3.24. The van der Waals surface area contributed by atoms with Crippen molar-refractivity contribution in [2.75, 3.05) is 6.61 Å². The van der Waals surface area contributed by atoms with Gasteiger partial charge in [-0.3, -0.25) is 4.79 Å². The van der Waals surface area contributed by atoms with Crippen molar-refractivity contribution < 1.29 is 19.4 Å². The van der Waals surface area contributed by atoms with Crippen LogP contribution >= 0.6 is 0 Å². The summed E-state index contributed by atoms with van der Waals surface area (Å²) in [5, 5.41) is 11.7. The van der Waals surface area contributed by atoms with E-state index in [0.717, 1.165) is 6.42 Å². The summed E-state index contributed by atoms with van der Waals surface area (Å²) in [6.07, 6.45) is 3.44. The molecule has 1 aliphatic rings. The summed E-state index contributed by atoms with van der Waals surface area (Å²) in [4.78, 5) is 29.8. The highest BCUT2D eigenvalue weighted by molar-refractivity contribution is 5.86. The van der Waals surface area contributed by atoms with Crippen LogP contribution in [0.3, 0.4) is 0 Å². The van der Waals surface area contributed by atoms with Crippen molar-refractivity contribution in [1.29, 1.82) is 0 Å². The molecule has 7 nitrogen and oxygen atoms in total. The molecule has 2 heterocycles. The molecule has 0 spiro atoms. The summed E-state index contributed by atoms with van der Waals surface area (Å²) in [6, 6.07) is -0.982. The van der Waals surface area contributed by atoms with E-state index in [1.807, 2.05) is 6.92 Å². The number of aromatic nitrogens is 2. The maximum Gasteiger partial charge on any atom is 0.326 e. The van der Waals surface area contributed by atoms with Gasteiger partial charge >= 0.3 is 5.97 Å². The number of nitrogens with zero attached hydrogens (tertiary/aromatic N) is 1. The average molecular weight is 267 g/mol. The maximum absolute atomic E-state index is 12.0. The summed E-state index contributed by atoms with van der Waals surface area (Å²) in [6.45, 7) is 2.46. The molecule has 1 fully saturated rings.